The summed E-state index contributed by atoms with van der Waals surface area (Å²) in [5.41, 5.74) is 2.73. The first-order valence-corrected chi connectivity index (χ1v) is 8.95. The van der Waals surface area contributed by atoms with Crippen LogP contribution in [0.5, 0.6) is 0 Å². The number of ether oxygens (including phenoxy) is 1. The van der Waals surface area contributed by atoms with Crippen molar-refractivity contribution in [3.8, 4) is 0 Å². The summed E-state index contributed by atoms with van der Waals surface area (Å²) in [7, 11) is -2.19. The minimum atomic E-state index is -3.77. The molecule has 24 heavy (non-hydrogen) atoms. The maximum Gasteiger partial charge on any atom is 0.264 e. The van der Waals surface area contributed by atoms with Gasteiger partial charge in [0, 0.05) is 24.3 Å². The number of fused-ring (bicyclic) bond motifs is 1. The van der Waals surface area contributed by atoms with Crippen molar-refractivity contribution in [2.75, 3.05) is 11.8 Å². The highest BCUT2D eigenvalue weighted by atomic mass is 32.2. The zero-order chi connectivity index (χ0) is 17.2. The van der Waals surface area contributed by atoms with Crippen molar-refractivity contribution in [1.82, 2.24) is 4.98 Å². The molecular weight excluding hydrogens is 324 g/mol. The summed E-state index contributed by atoms with van der Waals surface area (Å²) in [6.07, 6.45) is 1.62. The largest absolute Gasteiger partial charge is 0.380 e. The molecule has 0 aliphatic carbocycles. The van der Waals surface area contributed by atoms with Crippen LogP contribution < -0.4 is 4.72 Å². The fourth-order valence-corrected chi connectivity index (χ4v) is 3.88. The number of sulfonamides is 1. The second-order valence-corrected chi connectivity index (χ2v) is 7.13. The molecule has 1 aromatic heterocycles. The molecule has 124 valence electrons. The number of rotatable bonds is 5. The molecule has 0 saturated carbocycles. The monoisotopic (exact) mass is 342 g/mol. The van der Waals surface area contributed by atoms with Crippen LogP contribution in [0.15, 0.2) is 59.6 Å². The van der Waals surface area contributed by atoms with E-state index in [-0.39, 0.29) is 4.90 Å². The van der Waals surface area contributed by atoms with E-state index in [2.05, 4.69) is 9.71 Å². The molecule has 0 bridgehead atoms. The third-order valence-corrected chi connectivity index (χ3v) is 5.20. The van der Waals surface area contributed by atoms with E-state index in [9.17, 15) is 8.42 Å². The number of hydrogen-bond acceptors (Lipinski definition) is 4. The Kier molecular flexibility index (Phi) is 4.51. The van der Waals surface area contributed by atoms with Gasteiger partial charge in [-0.1, -0.05) is 30.3 Å². The van der Waals surface area contributed by atoms with Gasteiger partial charge in [0.05, 0.1) is 17.8 Å². The molecule has 0 unspecified atom stereocenters. The van der Waals surface area contributed by atoms with Crippen LogP contribution >= 0.6 is 0 Å². The smallest absolute Gasteiger partial charge is 0.264 e. The predicted octanol–water partition coefficient (Wildman–Crippen LogP) is 3.49. The van der Waals surface area contributed by atoms with Gasteiger partial charge in [-0.25, -0.2) is 8.42 Å². The normalized spacial score (nSPS) is 11.6. The van der Waals surface area contributed by atoms with Gasteiger partial charge in [0.25, 0.3) is 10.0 Å². The highest BCUT2D eigenvalue weighted by Crippen LogP contribution is 2.26. The Labute approximate surface area is 141 Å². The SMILES string of the molecule is COCc1ccccc1NS(=O)(=O)c1cccc2c(C)ccnc12. The molecule has 2 aromatic carbocycles. The summed E-state index contributed by atoms with van der Waals surface area (Å²) in [4.78, 5) is 4.43. The van der Waals surface area contributed by atoms with Gasteiger partial charge in [0.15, 0.2) is 0 Å². The lowest BCUT2D eigenvalue weighted by Gasteiger charge is -2.13. The van der Waals surface area contributed by atoms with E-state index in [1.165, 1.54) is 0 Å². The zero-order valence-electron chi connectivity index (χ0n) is 13.5. The zero-order valence-corrected chi connectivity index (χ0v) is 14.3. The second kappa shape index (κ2) is 6.59. The molecule has 0 radical (unpaired) electrons. The molecule has 3 aromatic rings. The van der Waals surface area contributed by atoms with E-state index in [1.807, 2.05) is 31.2 Å². The summed E-state index contributed by atoms with van der Waals surface area (Å²) in [6, 6.07) is 14.2. The Morgan fingerprint density at radius 3 is 2.67 bits per heavy atom. The lowest BCUT2D eigenvalue weighted by atomic mass is 10.1. The van der Waals surface area contributed by atoms with Crippen molar-refractivity contribution in [3.63, 3.8) is 0 Å². The minimum Gasteiger partial charge on any atom is -0.380 e. The van der Waals surface area contributed by atoms with E-state index in [0.717, 1.165) is 16.5 Å². The van der Waals surface area contributed by atoms with Crippen molar-refractivity contribution in [2.24, 2.45) is 0 Å². The number of benzene rings is 2. The number of nitrogens with zero attached hydrogens (tertiary/aromatic N) is 1. The maximum absolute atomic E-state index is 12.9. The Balaban J connectivity index is 2.08. The molecule has 1 heterocycles. The third kappa shape index (κ3) is 3.11. The maximum atomic E-state index is 12.9. The van der Waals surface area contributed by atoms with Gasteiger partial charge < -0.3 is 4.74 Å². The summed E-state index contributed by atoms with van der Waals surface area (Å²) in [6.45, 7) is 2.26. The first-order chi connectivity index (χ1) is 11.5. The van der Waals surface area contributed by atoms with Gasteiger partial charge >= 0.3 is 0 Å². The van der Waals surface area contributed by atoms with Gasteiger partial charge in [-0.3, -0.25) is 9.71 Å². The molecule has 0 saturated heterocycles. The molecule has 0 spiro atoms. The number of pyridine rings is 1. The molecule has 6 heteroatoms. The van der Waals surface area contributed by atoms with Gasteiger partial charge in [0.1, 0.15) is 4.90 Å². The molecule has 0 aliphatic rings. The summed E-state index contributed by atoms with van der Waals surface area (Å²) < 4.78 is 33.6. The van der Waals surface area contributed by atoms with Crippen LogP contribution in [0.2, 0.25) is 0 Å². The Bertz CT molecular complexity index is 984. The van der Waals surface area contributed by atoms with Crippen molar-refractivity contribution in [3.05, 3.63) is 65.9 Å². The lowest BCUT2D eigenvalue weighted by Crippen LogP contribution is -2.15. The van der Waals surface area contributed by atoms with Gasteiger partial charge in [-0.15, -0.1) is 0 Å². The average molecular weight is 342 g/mol. The third-order valence-electron chi connectivity index (χ3n) is 3.80. The van der Waals surface area contributed by atoms with Crippen molar-refractivity contribution < 1.29 is 13.2 Å². The molecular formula is C18H18N2O3S. The standard InChI is InChI=1S/C18H18N2O3S/c1-13-10-11-19-18-15(13)7-5-9-17(18)24(21,22)20-16-8-4-3-6-14(16)12-23-2/h3-11,20H,12H2,1-2H3. The number of aromatic nitrogens is 1. The number of nitrogens with one attached hydrogen (secondary N) is 1. The van der Waals surface area contributed by atoms with Crippen molar-refractivity contribution in [1.29, 1.82) is 0 Å². The molecule has 1 N–H and O–H groups in total. The number of methoxy groups -OCH3 is 1. The van der Waals surface area contributed by atoms with E-state index < -0.39 is 10.0 Å². The lowest BCUT2D eigenvalue weighted by molar-refractivity contribution is 0.185. The summed E-state index contributed by atoms with van der Waals surface area (Å²) in [5, 5.41) is 0.825. The Morgan fingerprint density at radius 1 is 1.08 bits per heavy atom. The van der Waals surface area contributed by atoms with E-state index in [4.69, 9.17) is 4.74 Å². The van der Waals surface area contributed by atoms with Crippen LogP contribution in [0, 0.1) is 6.92 Å². The Hall–Kier alpha value is -2.44. The van der Waals surface area contributed by atoms with Crippen molar-refractivity contribution in [2.45, 2.75) is 18.4 Å². The fraction of sp³-hybridized carbons (Fsp3) is 0.167. The highest BCUT2D eigenvalue weighted by molar-refractivity contribution is 7.93. The van der Waals surface area contributed by atoms with E-state index in [1.54, 1.807) is 37.6 Å². The Morgan fingerprint density at radius 2 is 1.88 bits per heavy atom. The van der Waals surface area contributed by atoms with Crippen LogP contribution in [0.1, 0.15) is 11.1 Å². The molecule has 3 rings (SSSR count). The number of para-hydroxylation sites is 2. The fourth-order valence-electron chi connectivity index (χ4n) is 2.60. The molecule has 0 fully saturated rings. The van der Waals surface area contributed by atoms with Crippen LogP contribution in [-0.4, -0.2) is 20.5 Å². The van der Waals surface area contributed by atoms with Crippen molar-refractivity contribution >= 4 is 26.6 Å². The van der Waals surface area contributed by atoms with Crippen LogP contribution in [0.3, 0.4) is 0 Å². The van der Waals surface area contributed by atoms with E-state index in [0.29, 0.717) is 17.8 Å². The first kappa shape index (κ1) is 16.4. The summed E-state index contributed by atoms with van der Waals surface area (Å²) >= 11 is 0. The van der Waals surface area contributed by atoms with Gasteiger partial charge in [-0.2, -0.15) is 0 Å². The molecule has 0 aliphatic heterocycles. The van der Waals surface area contributed by atoms with Gasteiger partial charge in [-0.05, 0) is 30.7 Å². The second-order valence-electron chi connectivity index (χ2n) is 5.48. The summed E-state index contributed by atoms with van der Waals surface area (Å²) in [5.74, 6) is 0. The topological polar surface area (TPSA) is 68.3 Å². The predicted molar refractivity (Wildman–Crippen MR) is 94.4 cm³/mol. The van der Waals surface area contributed by atoms with E-state index >= 15 is 0 Å². The minimum absolute atomic E-state index is 0.163. The first-order valence-electron chi connectivity index (χ1n) is 7.47. The average Bonchev–Trinajstić information content (AvgIpc) is 2.56. The van der Waals surface area contributed by atoms with Gasteiger partial charge in [0.2, 0.25) is 0 Å². The molecule has 0 atom stereocenters. The number of aryl methyl sites for hydroxylation is 1. The number of hydrogen-bond donors (Lipinski definition) is 1. The number of anilines is 1. The van der Waals surface area contributed by atoms with Crippen LogP contribution in [-0.2, 0) is 21.4 Å². The molecule has 0 amide bonds. The highest BCUT2D eigenvalue weighted by Gasteiger charge is 2.20. The van der Waals surface area contributed by atoms with Crippen LogP contribution in [0.25, 0.3) is 10.9 Å². The van der Waals surface area contributed by atoms with Crippen LogP contribution in [0.4, 0.5) is 5.69 Å². The quantitative estimate of drug-likeness (QED) is 0.771. The molecule has 5 nitrogen and oxygen atoms in total.